The zero-order chi connectivity index (χ0) is 17.4. The first-order valence-corrected chi connectivity index (χ1v) is 7.89. The van der Waals surface area contributed by atoms with Crippen LogP contribution in [0, 0.1) is 17.3 Å². The summed E-state index contributed by atoms with van der Waals surface area (Å²) in [5.41, 5.74) is 0.600. The third kappa shape index (κ3) is 4.00. The Kier molecular flexibility index (Phi) is 5.00. The molecule has 0 aromatic rings. The standard InChI is InChI=1S/C17H20ClF3O2/c1-4-5-10-6-7-11(8-10)23-15(22)14-12(16(14,2)3)9-13(18)17(19,20)21/h4,6,9,11-12,14H,1,5,7-8H2,2-3H3/b13-9-/t11?,12-,14-/m1/s1. The van der Waals surface area contributed by atoms with Crippen LogP contribution in [-0.4, -0.2) is 18.2 Å². The van der Waals surface area contributed by atoms with Gasteiger partial charge in [-0.05, 0) is 17.8 Å². The minimum Gasteiger partial charge on any atom is -0.461 e. The lowest BCUT2D eigenvalue weighted by Gasteiger charge is -2.13. The highest BCUT2D eigenvalue weighted by molar-refractivity contribution is 6.30. The molecule has 0 aromatic carbocycles. The van der Waals surface area contributed by atoms with E-state index in [4.69, 9.17) is 16.3 Å². The Hall–Kier alpha value is -1.23. The van der Waals surface area contributed by atoms with Crippen molar-refractivity contribution in [2.24, 2.45) is 17.3 Å². The number of allylic oxidation sites excluding steroid dienone is 3. The zero-order valence-corrected chi connectivity index (χ0v) is 13.9. The van der Waals surface area contributed by atoms with E-state index >= 15 is 0 Å². The van der Waals surface area contributed by atoms with Gasteiger partial charge in [-0.25, -0.2) is 0 Å². The number of rotatable bonds is 5. The maximum Gasteiger partial charge on any atom is 0.426 e. The molecule has 3 atom stereocenters. The van der Waals surface area contributed by atoms with Gasteiger partial charge in [-0.15, -0.1) is 6.58 Å². The van der Waals surface area contributed by atoms with Gasteiger partial charge in [0.2, 0.25) is 0 Å². The molecule has 2 nitrogen and oxygen atoms in total. The van der Waals surface area contributed by atoms with Crippen LogP contribution in [0.5, 0.6) is 0 Å². The first-order chi connectivity index (χ1) is 10.6. The highest BCUT2D eigenvalue weighted by Crippen LogP contribution is 2.60. The molecule has 1 unspecified atom stereocenters. The molecule has 2 aliphatic rings. The maximum atomic E-state index is 12.5. The van der Waals surface area contributed by atoms with E-state index < -0.39 is 34.4 Å². The number of hydrogen-bond donors (Lipinski definition) is 0. The Morgan fingerprint density at radius 3 is 2.74 bits per heavy atom. The molecule has 128 valence electrons. The molecular formula is C17H20ClF3O2. The highest BCUT2D eigenvalue weighted by Gasteiger charge is 2.62. The van der Waals surface area contributed by atoms with E-state index in [-0.39, 0.29) is 6.10 Å². The summed E-state index contributed by atoms with van der Waals surface area (Å²) in [6.07, 6.45) is 2.01. The third-order valence-electron chi connectivity index (χ3n) is 4.61. The second-order valence-electron chi connectivity index (χ2n) is 6.69. The predicted molar refractivity (Wildman–Crippen MR) is 82.8 cm³/mol. The van der Waals surface area contributed by atoms with Gasteiger partial charge in [0, 0.05) is 12.8 Å². The van der Waals surface area contributed by atoms with Crippen LogP contribution in [0.1, 0.15) is 33.1 Å². The lowest BCUT2D eigenvalue weighted by atomic mass is 10.1. The second kappa shape index (κ2) is 6.34. The van der Waals surface area contributed by atoms with E-state index in [1.807, 2.05) is 6.08 Å². The van der Waals surface area contributed by atoms with Gasteiger partial charge in [0.1, 0.15) is 11.1 Å². The summed E-state index contributed by atoms with van der Waals surface area (Å²) in [4.78, 5) is 12.3. The van der Waals surface area contributed by atoms with Crippen LogP contribution in [0.4, 0.5) is 13.2 Å². The molecular weight excluding hydrogens is 329 g/mol. The molecule has 0 saturated heterocycles. The summed E-state index contributed by atoms with van der Waals surface area (Å²) < 4.78 is 43.1. The molecule has 2 aliphatic carbocycles. The third-order valence-corrected chi connectivity index (χ3v) is 4.95. The quantitative estimate of drug-likeness (QED) is 0.507. The fourth-order valence-corrected chi connectivity index (χ4v) is 3.26. The van der Waals surface area contributed by atoms with Gasteiger partial charge >= 0.3 is 12.1 Å². The number of esters is 1. The highest BCUT2D eigenvalue weighted by atomic mass is 35.5. The van der Waals surface area contributed by atoms with E-state index in [0.29, 0.717) is 12.8 Å². The van der Waals surface area contributed by atoms with Gasteiger partial charge in [-0.1, -0.05) is 49.2 Å². The van der Waals surface area contributed by atoms with E-state index in [1.165, 1.54) is 5.57 Å². The molecule has 0 N–H and O–H groups in total. The molecule has 0 aromatic heterocycles. The number of carbonyl (C=O) groups excluding carboxylic acids is 1. The lowest BCUT2D eigenvalue weighted by Crippen LogP contribution is -2.19. The maximum absolute atomic E-state index is 12.5. The van der Waals surface area contributed by atoms with Gasteiger partial charge in [0.25, 0.3) is 0 Å². The smallest absolute Gasteiger partial charge is 0.426 e. The molecule has 1 saturated carbocycles. The van der Waals surface area contributed by atoms with Crippen LogP contribution >= 0.6 is 11.6 Å². The van der Waals surface area contributed by atoms with Crippen molar-refractivity contribution in [3.05, 3.63) is 35.4 Å². The fraction of sp³-hybridized carbons (Fsp3) is 0.588. The Morgan fingerprint density at radius 2 is 2.17 bits per heavy atom. The summed E-state index contributed by atoms with van der Waals surface area (Å²) >= 11 is 5.28. The van der Waals surface area contributed by atoms with Crippen LogP contribution in [0.25, 0.3) is 0 Å². The first-order valence-electron chi connectivity index (χ1n) is 7.51. The van der Waals surface area contributed by atoms with Crippen LogP contribution < -0.4 is 0 Å². The average molecular weight is 349 g/mol. The lowest BCUT2D eigenvalue weighted by molar-refractivity contribution is -0.151. The Balaban J connectivity index is 1.95. The van der Waals surface area contributed by atoms with Gasteiger partial charge in [-0.2, -0.15) is 13.2 Å². The van der Waals surface area contributed by atoms with Gasteiger partial charge in [0.05, 0.1) is 5.92 Å². The molecule has 1 fully saturated rings. The molecule has 0 aliphatic heterocycles. The molecule has 0 heterocycles. The predicted octanol–water partition coefficient (Wildman–Crippen LogP) is 5.15. The topological polar surface area (TPSA) is 26.3 Å². The minimum absolute atomic E-state index is 0.225. The van der Waals surface area contributed by atoms with Crippen molar-refractivity contribution in [1.82, 2.24) is 0 Å². The summed E-state index contributed by atoms with van der Waals surface area (Å²) in [6.45, 7) is 7.16. The SMILES string of the molecule is C=CCC1=CCC(OC(=O)[C@H]2[C@@H](/C=C(\Cl)C(F)(F)F)C2(C)C)C1. The van der Waals surface area contributed by atoms with Crippen LogP contribution in [-0.2, 0) is 9.53 Å². The monoisotopic (exact) mass is 348 g/mol. The molecule has 0 spiro atoms. The molecule has 2 rings (SSSR count). The van der Waals surface area contributed by atoms with E-state index in [9.17, 15) is 18.0 Å². The van der Waals surface area contributed by atoms with Gasteiger partial charge < -0.3 is 4.74 Å². The largest absolute Gasteiger partial charge is 0.461 e. The average Bonchev–Trinajstić information content (AvgIpc) is 2.76. The molecule has 0 radical (unpaired) electrons. The molecule has 23 heavy (non-hydrogen) atoms. The van der Waals surface area contributed by atoms with Crippen molar-refractivity contribution >= 4 is 17.6 Å². The summed E-state index contributed by atoms with van der Waals surface area (Å²) in [6, 6.07) is 0. The van der Waals surface area contributed by atoms with Crippen LogP contribution in [0.15, 0.2) is 35.4 Å². The van der Waals surface area contributed by atoms with Gasteiger partial charge in [-0.3, -0.25) is 4.79 Å². The summed E-state index contributed by atoms with van der Waals surface area (Å²) in [5.74, 6) is -1.57. The van der Waals surface area contributed by atoms with Crippen molar-refractivity contribution in [2.45, 2.75) is 45.4 Å². The minimum atomic E-state index is -4.58. The van der Waals surface area contributed by atoms with E-state index in [2.05, 4.69) is 6.58 Å². The zero-order valence-electron chi connectivity index (χ0n) is 13.1. The van der Waals surface area contributed by atoms with Crippen molar-refractivity contribution in [1.29, 1.82) is 0 Å². The summed E-state index contributed by atoms with van der Waals surface area (Å²) in [7, 11) is 0. The van der Waals surface area contributed by atoms with Crippen LogP contribution in [0.3, 0.4) is 0 Å². The molecule has 6 heteroatoms. The van der Waals surface area contributed by atoms with E-state index in [0.717, 1.165) is 12.5 Å². The molecule has 0 amide bonds. The Bertz CT molecular complexity index is 561. The number of carbonyl (C=O) groups is 1. The number of ether oxygens (including phenoxy) is 1. The summed E-state index contributed by atoms with van der Waals surface area (Å²) in [5, 5.41) is -1.18. The van der Waals surface area contributed by atoms with Gasteiger partial charge in [0.15, 0.2) is 0 Å². The van der Waals surface area contributed by atoms with Crippen molar-refractivity contribution < 1.29 is 22.7 Å². The number of alkyl halides is 3. The van der Waals surface area contributed by atoms with Crippen molar-refractivity contribution in [3.63, 3.8) is 0 Å². The Labute approximate surface area is 139 Å². The molecule has 0 bridgehead atoms. The van der Waals surface area contributed by atoms with Crippen molar-refractivity contribution in [3.8, 4) is 0 Å². The van der Waals surface area contributed by atoms with E-state index in [1.54, 1.807) is 19.9 Å². The normalized spacial score (nSPS) is 29.9. The first kappa shape index (κ1) is 18.1. The van der Waals surface area contributed by atoms with Crippen LogP contribution in [0.2, 0.25) is 0 Å². The number of halogens is 4. The number of hydrogen-bond acceptors (Lipinski definition) is 2. The fourth-order valence-electron chi connectivity index (χ4n) is 3.13. The van der Waals surface area contributed by atoms with Crippen molar-refractivity contribution in [2.75, 3.05) is 0 Å². The Morgan fingerprint density at radius 1 is 1.52 bits per heavy atom. The second-order valence-corrected chi connectivity index (χ2v) is 7.10.